The fraction of sp³-hybridized carbons (Fsp3) is 1.00. The number of nitrogens with zero attached hydrogens (tertiary/aromatic N) is 1. The Morgan fingerprint density at radius 1 is 1.21 bits per heavy atom. The number of unbranched alkanes of at least 4 members (excludes halogenated alkanes) is 1. The molecule has 0 aromatic carbocycles. The number of hydroxylamine groups is 3. The van der Waals surface area contributed by atoms with Gasteiger partial charge in [-0.1, -0.05) is 26.7 Å². The molecule has 0 radical (unpaired) electrons. The zero-order valence-electron chi connectivity index (χ0n) is 9.80. The fourth-order valence-electron chi connectivity index (χ4n) is 2.48. The highest BCUT2D eigenvalue weighted by Gasteiger charge is 2.25. The van der Waals surface area contributed by atoms with Crippen LogP contribution in [-0.2, 0) is 0 Å². The van der Waals surface area contributed by atoms with Gasteiger partial charge >= 0.3 is 0 Å². The maximum absolute atomic E-state index is 12.2. The quantitative estimate of drug-likeness (QED) is 0.475. The van der Waals surface area contributed by atoms with Crippen LogP contribution in [0.3, 0.4) is 0 Å². The lowest BCUT2D eigenvalue weighted by Gasteiger charge is -2.41. The molecule has 1 saturated heterocycles. The molecule has 0 aliphatic carbocycles. The van der Waals surface area contributed by atoms with Gasteiger partial charge in [-0.3, -0.25) is 0 Å². The van der Waals surface area contributed by atoms with Gasteiger partial charge in [-0.2, -0.15) is 0 Å². The Morgan fingerprint density at radius 2 is 1.86 bits per heavy atom. The summed E-state index contributed by atoms with van der Waals surface area (Å²) in [6.45, 7) is 7.09. The summed E-state index contributed by atoms with van der Waals surface area (Å²) in [4.78, 5) is 0. The van der Waals surface area contributed by atoms with Crippen molar-refractivity contribution in [3.05, 3.63) is 5.21 Å². The van der Waals surface area contributed by atoms with Crippen LogP contribution >= 0.6 is 0 Å². The number of quaternary nitrogens is 1. The van der Waals surface area contributed by atoms with Crippen molar-refractivity contribution in [1.82, 2.24) is 0 Å². The summed E-state index contributed by atoms with van der Waals surface area (Å²) >= 11 is 0. The van der Waals surface area contributed by atoms with Crippen molar-refractivity contribution in [2.45, 2.75) is 52.4 Å². The molecule has 0 spiro atoms. The Bertz CT molecular complexity index is 152. The molecule has 0 amide bonds. The minimum absolute atomic E-state index is 0.113. The highest BCUT2D eigenvalue weighted by molar-refractivity contribution is 4.62. The molecule has 1 atom stereocenters. The van der Waals surface area contributed by atoms with Crippen LogP contribution in [-0.4, -0.2) is 24.3 Å². The molecule has 2 nitrogen and oxygen atoms in total. The lowest BCUT2D eigenvalue weighted by molar-refractivity contribution is -0.871. The molecule has 1 rings (SSSR count). The predicted molar refractivity (Wildman–Crippen MR) is 60.8 cm³/mol. The summed E-state index contributed by atoms with van der Waals surface area (Å²) in [7, 11) is 0. The third kappa shape index (κ3) is 3.58. The van der Waals surface area contributed by atoms with Gasteiger partial charge in [0, 0.05) is 18.8 Å². The molecule has 1 unspecified atom stereocenters. The first-order valence-corrected chi connectivity index (χ1v) is 6.27. The van der Waals surface area contributed by atoms with Crippen LogP contribution in [0, 0.1) is 11.1 Å². The van der Waals surface area contributed by atoms with E-state index in [1.54, 1.807) is 0 Å². The summed E-state index contributed by atoms with van der Waals surface area (Å²) < 4.78 is 0.113. The van der Waals surface area contributed by atoms with Crippen molar-refractivity contribution in [1.29, 1.82) is 0 Å². The Morgan fingerprint density at radius 3 is 2.36 bits per heavy atom. The average Bonchev–Trinajstić information content (AvgIpc) is 2.60. The molecule has 14 heavy (non-hydrogen) atoms. The Kier molecular flexibility index (Phi) is 4.90. The molecule has 2 heteroatoms. The number of hydrogen-bond acceptors (Lipinski definition) is 1. The van der Waals surface area contributed by atoms with E-state index in [-0.39, 0.29) is 4.65 Å². The van der Waals surface area contributed by atoms with E-state index >= 15 is 0 Å². The largest absolute Gasteiger partial charge is 0.633 e. The van der Waals surface area contributed by atoms with Crippen LogP contribution in [0.4, 0.5) is 0 Å². The van der Waals surface area contributed by atoms with Crippen LogP contribution in [0.5, 0.6) is 0 Å². The van der Waals surface area contributed by atoms with E-state index in [1.165, 1.54) is 25.7 Å². The zero-order chi connectivity index (χ0) is 10.4. The van der Waals surface area contributed by atoms with E-state index < -0.39 is 0 Å². The van der Waals surface area contributed by atoms with Gasteiger partial charge in [-0.15, -0.1) is 0 Å². The molecule has 0 saturated carbocycles. The molecule has 1 aliphatic heterocycles. The van der Waals surface area contributed by atoms with E-state index in [0.717, 1.165) is 32.5 Å². The standard InChI is InChI=1S/C12H25NO/c1-3-5-8-12(4-2)11-13(14)9-6-7-10-13/h12H,3-11H2,1-2H3. The van der Waals surface area contributed by atoms with Gasteiger partial charge in [0.25, 0.3) is 0 Å². The highest BCUT2D eigenvalue weighted by atomic mass is 16.5. The summed E-state index contributed by atoms with van der Waals surface area (Å²) in [6.07, 6.45) is 7.28. The third-order valence-electron chi connectivity index (χ3n) is 3.52. The second-order valence-corrected chi connectivity index (χ2v) is 4.81. The third-order valence-corrected chi connectivity index (χ3v) is 3.52. The predicted octanol–water partition coefficient (Wildman–Crippen LogP) is 3.31. The van der Waals surface area contributed by atoms with Crippen molar-refractivity contribution in [2.24, 2.45) is 5.92 Å². The van der Waals surface area contributed by atoms with Crippen LogP contribution in [0.25, 0.3) is 0 Å². The van der Waals surface area contributed by atoms with Gasteiger partial charge in [-0.25, -0.2) is 0 Å². The second kappa shape index (κ2) is 5.72. The lowest BCUT2D eigenvalue weighted by atomic mass is 9.99. The van der Waals surface area contributed by atoms with Gasteiger partial charge in [0.15, 0.2) is 0 Å². The lowest BCUT2D eigenvalue weighted by Crippen LogP contribution is -2.42. The van der Waals surface area contributed by atoms with E-state index in [2.05, 4.69) is 13.8 Å². The first kappa shape index (κ1) is 12.0. The molecule has 1 aliphatic rings. The first-order chi connectivity index (χ1) is 6.70. The Hall–Kier alpha value is -0.0800. The van der Waals surface area contributed by atoms with Crippen molar-refractivity contribution < 1.29 is 4.65 Å². The maximum Gasteiger partial charge on any atom is 0.0812 e. The molecule has 84 valence electrons. The molecule has 0 aromatic rings. The normalized spacial score (nSPS) is 22.5. The molecule has 0 aromatic heterocycles. The van der Waals surface area contributed by atoms with Crippen LogP contribution < -0.4 is 0 Å². The molecular formula is C12H25NO. The highest BCUT2D eigenvalue weighted by Crippen LogP contribution is 2.23. The van der Waals surface area contributed by atoms with E-state index in [4.69, 9.17) is 0 Å². The smallest absolute Gasteiger partial charge is 0.0812 e. The SMILES string of the molecule is CCCCC(CC)C[N+]1([O-])CCCC1. The summed E-state index contributed by atoms with van der Waals surface area (Å²) in [5.74, 6) is 0.672. The fourth-order valence-corrected chi connectivity index (χ4v) is 2.48. The molecule has 0 N–H and O–H groups in total. The average molecular weight is 199 g/mol. The number of rotatable bonds is 6. The van der Waals surface area contributed by atoms with Gasteiger partial charge in [0.1, 0.15) is 0 Å². The molecule has 1 heterocycles. The van der Waals surface area contributed by atoms with Crippen LogP contribution in [0.1, 0.15) is 52.4 Å². The van der Waals surface area contributed by atoms with E-state index in [0.29, 0.717) is 5.92 Å². The van der Waals surface area contributed by atoms with E-state index in [1.807, 2.05) is 0 Å². The molecular weight excluding hydrogens is 174 g/mol. The molecule has 0 bridgehead atoms. The van der Waals surface area contributed by atoms with Crippen molar-refractivity contribution in [3.63, 3.8) is 0 Å². The summed E-state index contributed by atoms with van der Waals surface area (Å²) in [6, 6.07) is 0. The number of likely N-dealkylation sites (tertiary alicyclic amines) is 1. The van der Waals surface area contributed by atoms with Gasteiger partial charge < -0.3 is 9.85 Å². The van der Waals surface area contributed by atoms with E-state index in [9.17, 15) is 5.21 Å². The zero-order valence-corrected chi connectivity index (χ0v) is 9.80. The Labute approximate surface area is 88.5 Å². The first-order valence-electron chi connectivity index (χ1n) is 6.27. The van der Waals surface area contributed by atoms with Crippen LogP contribution in [0.15, 0.2) is 0 Å². The van der Waals surface area contributed by atoms with Crippen LogP contribution in [0.2, 0.25) is 0 Å². The Balaban J connectivity index is 2.30. The maximum atomic E-state index is 12.2. The minimum Gasteiger partial charge on any atom is -0.633 e. The monoisotopic (exact) mass is 199 g/mol. The second-order valence-electron chi connectivity index (χ2n) is 4.81. The molecule has 1 fully saturated rings. The van der Waals surface area contributed by atoms with Crippen molar-refractivity contribution in [2.75, 3.05) is 19.6 Å². The van der Waals surface area contributed by atoms with Crippen molar-refractivity contribution in [3.8, 4) is 0 Å². The minimum atomic E-state index is 0.113. The van der Waals surface area contributed by atoms with Crippen molar-refractivity contribution >= 4 is 0 Å². The summed E-state index contributed by atoms with van der Waals surface area (Å²) in [5.41, 5.74) is 0. The van der Waals surface area contributed by atoms with Gasteiger partial charge in [-0.05, 0) is 12.8 Å². The topological polar surface area (TPSA) is 23.1 Å². The number of hydrogen-bond donors (Lipinski definition) is 0. The summed E-state index contributed by atoms with van der Waals surface area (Å²) in [5, 5.41) is 12.2. The van der Waals surface area contributed by atoms with Gasteiger partial charge in [0.2, 0.25) is 0 Å². The van der Waals surface area contributed by atoms with Gasteiger partial charge in [0.05, 0.1) is 19.6 Å².